The van der Waals surface area contributed by atoms with Gasteiger partial charge in [0, 0.05) is 12.1 Å². The summed E-state index contributed by atoms with van der Waals surface area (Å²) < 4.78 is 37.2. The highest BCUT2D eigenvalue weighted by Crippen LogP contribution is 2.48. The zero-order chi connectivity index (χ0) is 16.9. The van der Waals surface area contributed by atoms with Crippen LogP contribution in [0, 0.1) is 0 Å². The lowest BCUT2D eigenvalue weighted by molar-refractivity contribution is -0.0734. The van der Waals surface area contributed by atoms with Crippen LogP contribution in [0.15, 0.2) is 0 Å². The summed E-state index contributed by atoms with van der Waals surface area (Å²) in [5.41, 5.74) is 11.3. The summed E-state index contributed by atoms with van der Waals surface area (Å²) in [6.45, 7) is 5.32. The van der Waals surface area contributed by atoms with Gasteiger partial charge in [0.2, 0.25) is 0 Å². The number of nitrogens with two attached hydrogens (primary N) is 2. The Labute approximate surface area is 144 Å². The second-order valence-corrected chi connectivity index (χ2v) is 12.3. The summed E-state index contributed by atoms with van der Waals surface area (Å²) >= 11 is 0. The summed E-state index contributed by atoms with van der Waals surface area (Å²) in [4.78, 5) is 0. The topological polar surface area (TPSA) is 107 Å². The van der Waals surface area contributed by atoms with Gasteiger partial charge in [0.1, 0.15) is 24.4 Å². The summed E-state index contributed by atoms with van der Waals surface area (Å²) in [5, 5.41) is 0. The molecule has 0 spiro atoms. The zero-order valence-corrected chi connectivity index (χ0v) is 16.3. The van der Waals surface area contributed by atoms with Crippen molar-refractivity contribution in [2.75, 3.05) is 13.1 Å². The molecule has 0 amide bonds. The van der Waals surface area contributed by atoms with Crippen molar-refractivity contribution in [3.63, 3.8) is 0 Å². The van der Waals surface area contributed by atoms with Crippen LogP contribution in [0.4, 0.5) is 0 Å². The van der Waals surface area contributed by atoms with Crippen molar-refractivity contribution < 1.29 is 26.6 Å². The molecule has 4 heterocycles. The molecule has 138 valence electrons. The Morgan fingerprint density at radius 1 is 0.625 bits per heavy atom. The molecule has 4 fully saturated rings. The maximum absolute atomic E-state index is 6.33. The van der Waals surface area contributed by atoms with E-state index in [1.54, 1.807) is 0 Å². The molecule has 4 rings (SSSR count). The molecule has 10 heteroatoms. The molecule has 0 aromatic carbocycles. The Kier molecular flexibility index (Phi) is 4.65. The molecule has 4 saturated heterocycles. The maximum atomic E-state index is 6.33. The van der Waals surface area contributed by atoms with E-state index in [0.717, 1.165) is 24.9 Å². The maximum Gasteiger partial charge on any atom is 0.502 e. The van der Waals surface area contributed by atoms with Gasteiger partial charge in [-0.05, 0) is 39.8 Å². The van der Waals surface area contributed by atoms with Gasteiger partial charge in [-0.3, -0.25) is 0 Å². The van der Waals surface area contributed by atoms with Crippen LogP contribution >= 0.6 is 0 Å². The van der Waals surface area contributed by atoms with Crippen molar-refractivity contribution in [1.29, 1.82) is 0 Å². The fourth-order valence-electron chi connectivity index (χ4n) is 4.19. The summed E-state index contributed by atoms with van der Waals surface area (Å²) in [6, 6.07) is 1.53. The van der Waals surface area contributed by atoms with Crippen molar-refractivity contribution in [3.8, 4) is 0 Å². The average molecular weight is 377 g/mol. The lowest BCUT2D eigenvalue weighted by Gasteiger charge is -2.37. The summed E-state index contributed by atoms with van der Waals surface area (Å²) in [6.07, 6.45) is 1.29. The molecule has 0 radical (unpaired) electrons. The van der Waals surface area contributed by atoms with Crippen molar-refractivity contribution in [2.45, 2.75) is 75.4 Å². The van der Waals surface area contributed by atoms with E-state index in [0.29, 0.717) is 13.1 Å². The van der Waals surface area contributed by atoms with Crippen molar-refractivity contribution >= 4 is 17.6 Å². The standard InChI is InChI=1S/C14H28N2O6Si2/c1-9-11-13(21-23(17-9,19-11)7-3-5-15)14-12-10(2)18-24(20-12,22-14)8-4-6-16/h9-14H,3-8,15-16H2,1-2H3. The largest absolute Gasteiger partial charge is 0.502 e. The smallest absolute Gasteiger partial charge is 0.368 e. The van der Waals surface area contributed by atoms with Gasteiger partial charge >= 0.3 is 17.6 Å². The fraction of sp³-hybridized carbons (Fsp3) is 1.00. The number of rotatable bonds is 7. The fourth-order valence-corrected chi connectivity index (χ4v) is 10.8. The summed E-state index contributed by atoms with van der Waals surface area (Å²) in [5.74, 6) is 0. The Hall–Kier alpha value is 0.114. The predicted octanol–water partition coefficient (Wildman–Crippen LogP) is -0.0328. The molecule has 0 aliphatic carbocycles. The van der Waals surface area contributed by atoms with Gasteiger partial charge in [0.15, 0.2) is 0 Å². The van der Waals surface area contributed by atoms with E-state index in [1.807, 2.05) is 13.8 Å². The molecule has 0 aromatic rings. The quantitative estimate of drug-likeness (QED) is 0.596. The van der Waals surface area contributed by atoms with Crippen molar-refractivity contribution in [2.24, 2.45) is 11.5 Å². The molecule has 8 unspecified atom stereocenters. The molecule has 4 aliphatic rings. The molecular formula is C14H28N2O6Si2. The Morgan fingerprint density at radius 3 is 1.38 bits per heavy atom. The minimum Gasteiger partial charge on any atom is -0.368 e. The number of hydrogen-bond acceptors (Lipinski definition) is 8. The SMILES string of the molecule is CC1O[Si]2(CCCN)OC1C(C1O[Si]3(CCCN)OC(C)C1O3)O2. The Morgan fingerprint density at radius 2 is 1.00 bits per heavy atom. The van der Waals surface area contributed by atoms with Crippen LogP contribution in [0.5, 0.6) is 0 Å². The van der Waals surface area contributed by atoms with E-state index in [2.05, 4.69) is 0 Å². The summed E-state index contributed by atoms with van der Waals surface area (Å²) in [7, 11) is -5.21. The lowest BCUT2D eigenvalue weighted by atomic mass is 9.97. The van der Waals surface area contributed by atoms with E-state index in [9.17, 15) is 0 Å². The third kappa shape index (κ3) is 2.73. The third-order valence-electron chi connectivity index (χ3n) is 5.26. The number of hydrogen-bond donors (Lipinski definition) is 2. The second kappa shape index (κ2) is 6.37. The average Bonchev–Trinajstić information content (AvgIpc) is 3.27. The van der Waals surface area contributed by atoms with Gasteiger partial charge in [-0.25, -0.2) is 0 Å². The van der Waals surface area contributed by atoms with Crippen molar-refractivity contribution in [1.82, 2.24) is 0 Å². The van der Waals surface area contributed by atoms with Gasteiger partial charge in [0.25, 0.3) is 0 Å². The molecule has 4 bridgehead atoms. The van der Waals surface area contributed by atoms with Crippen LogP contribution in [-0.4, -0.2) is 67.3 Å². The van der Waals surface area contributed by atoms with Gasteiger partial charge in [-0.15, -0.1) is 0 Å². The molecule has 8 nitrogen and oxygen atoms in total. The van der Waals surface area contributed by atoms with Crippen LogP contribution in [-0.2, 0) is 26.6 Å². The van der Waals surface area contributed by atoms with E-state index >= 15 is 0 Å². The van der Waals surface area contributed by atoms with E-state index in [-0.39, 0.29) is 36.6 Å². The first-order chi connectivity index (χ1) is 11.5. The normalized spacial score (nSPS) is 52.5. The number of fused-ring (bicyclic) bond motifs is 4. The molecule has 4 aliphatic heterocycles. The first-order valence-corrected chi connectivity index (χ1v) is 12.8. The van der Waals surface area contributed by atoms with Crippen LogP contribution in [0.1, 0.15) is 26.7 Å². The monoisotopic (exact) mass is 376 g/mol. The zero-order valence-electron chi connectivity index (χ0n) is 14.3. The highest BCUT2D eigenvalue weighted by Gasteiger charge is 2.70. The van der Waals surface area contributed by atoms with Gasteiger partial charge < -0.3 is 38.0 Å². The van der Waals surface area contributed by atoms with Gasteiger partial charge in [-0.2, -0.15) is 0 Å². The van der Waals surface area contributed by atoms with Crippen LogP contribution < -0.4 is 11.5 Å². The van der Waals surface area contributed by atoms with E-state index in [1.165, 1.54) is 0 Å². The first kappa shape index (κ1) is 17.5. The highest BCUT2D eigenvalue weighted by molar-refractivity contribution is 6.63. The highest BCUT2D eigenvalue weighted by atomic mass is 28.4. The third-order valence-corrected chi connectivity index (χ3v) is 11.2. The van der Waals surface area contributed by atoms with Crippen molar-refractivity contribution in [3.05, 3.63) is 0 Å². The first-order valence-electron chi connectivity index (χ1n) is 8.98. The lowest BCUT2D eigenvalue weighted by Crippen LogP contribution is -2.56. The Balaban J connectivity index is 1.49. The van der Waals surface area contributed by atoms with E-state index < -0.39 is 17.6 Å². The van der Waals surface area contributed by atoms with Gasteiger partial charge in [0.05, 0.1) is 12.2 Å². The molecule has 0 aromatic heterocycles. The minimum absolute atomic E-state index is 0.0220. The van der Waals surface area contributed by atoms with Crippen LogP contribution in [0.2, 0.25) is 12.1 Å². The van der Waals surface area contributed by atoms with Crippen LogP contribution in [0.3, 0.4) is 0 Å². The molecule has 4 N–H and O–H groups in total. The molecule has 8 atom stereocenters. The Bertz CT molecular complexity index is 448. The minimum atomic E-state index is -2.61. The molecular weight excluding hydrogens is 348 g/mol. The molecule has 0 saturated carbocycles. The molecule has 24 heavy (non-hydrogen) atoms. The predicted molar refractivity (Wildman–Crippen MR) is 89.1 cm³/mol. The second-order valence-electron chi connectivity index (χ2n) is 7.13. The van der Waals surface area contributed by atoms with Crippen LogP contribution in [0.25, 0.3) is 0 Å². The van der Waals surface area contributed by atoms with E-state index in [4.69, 9.17) is 38.0 Å². The van der Waals surface area contributed by atoms with Gasteiger partial charge in [-0.1, -0.05) is 0 Å².